The zero-order valence-electron chi connectivity index (χ0n) is 13.0. The second kappa shape index (κ2) is 6.48. The average Bonchev–Trinajstić information content (AvgIpc) is 2.54. The summed E-state index contributed by atoms with van der Waals surface area (Å²) >= 11 is 0. The van der Waals surface area contributed by atoms with Crippen LogP contribution in [0.3, 0.4) is 0 Å². The summed E-state index contributed by atoms with van der Waals surface area (Å²) in [5.74, 6) is 0.343. The summed E-state index contributed by atoms with van der Waals surface area (Å²) in [6.07, 6.45) is 5.08. The molecule has 1 unspecified atom stereocenters. The van der Waals surface area contributed by atoms with Gasteiger partial charge in [0.05, 0.1) is 11.5 Å². The molecule has 1 saturated carbocycles. The van der Waals surface area contributed by atoms with E-state index in [1.807, 2.05) is 26.1 Å². The minimum absolute atomic E-state index is 0.112. The van der Waals surface area contributed by atoms with Gasteiger partial charge < -0.3 is 15.7 Å². The lowest BCUT2D eigenvalue weighted by molar-refractivity contribution is -0.144. The molecule has 1 aliphatic rings. The number of nitrogens with two attached hydrogens (primary N) is 1. The second-order valence-corrected chi connectivity index (χ2v) is 6.20. The maximum atomic E-state index is 12.9. The predicted molar refractivity (Wildman–Crippen MR) is 83.9 cm³/mol. The van der Waals surface area contributed by atoms with Crippen LogP contribution < -0.4 is 5.73 Å². The lowest BCUT2D eigenvalue weighted by Crippen LogP contribution is -2.48. The van der Waals surface area contributed by atoms with Crippen molar-refractivity contribution in [1.29, 1.82) is 0 Å². The summed E-state index contributed by atoms with van der Waals surface area (Å²) in [7, 11) is 1.81. The Bertz CT molecular complexity index is 495. The number of carbonyl (C=O) groups is 1. The first-order valence-corrected chi connectivity index (χ1v) is 7.77. The van der Waals surface area contributed by atoms with Crippen molar-refractivity contribution in [2.45, 2.75) is 45.1 Å². The molecule has 1 aliphatic carbocycles. The number of amides is 1. The second-order valence-electron chi connectivity index (χ2n) is 6.20. The van der Waals surface area contributed by atoms with Crippen LogP contribution in [0.15, 0.2) is 24.3 Å². The number of phenolic OH excluding ortho intramolecular Hbond substituents is 1. The Labute approximate surface area is 126 Å². The van der Waals surface area contributed by atoms with Crippen molar-refractivity contribution in [3.05, 3.63) is 29.8 Å². The van der Waals surface area contributed by atoms with E-state index in [0.29, 0.717) is 6.54 Å². The maximum Gasteiger partial charge on any atom is 0.230 e. The molecular formula is C17H26N2O2. The zero-order chi connectivity index (χ0) is 15.5. The number of nitrogens with zero attached hydrogens (tertiary/aromatic N) is 1. The smallest absolute Gasteiger partial charge is 0.230 e. The van der Waals surface area contributed by atoms with Gasteiger partial charge in [-0.15, -0.1) is 0 Å². The number of hydrogen-bond donors (Lipinski definition) is 2. The first-order valence-electron chi connectivity index (χ1n) is 7.77. The molecule has 3 N–H and O–H groups in total. The molecule has 0 saturated heterocycles. The van der Waals surface area contributed by atoms with Crippen LogP contribution in [0.25, 0.3) is 0 Å². The monoisotopic (exact) mass is 290 g/mol. The summed E-state index contributed by atoms with van der Waals surface area (Å²) in [5.41, 5.74) is 6.31. The number of rotatable bonds is 4. The van der Waals surface area contributed by atoms with Gasteiger partial charge in [-0.2, -0.15) is 0 Å². The molecule has 21 heavy (non-hydrogen) atoms. The number of aromatic hydroxyl groups is 1. The Morgan fingerprint density at radius 3 is 2.52 bits per heavy atom. The van der Waals surface area contributed by atoms with Gasteiger partial charge in [-0.1, -0.05) is 37.5 Å². The van der Waals surface area contributed by atoms with Gasteiger partial charge in [-0.05, 0) is 25.8 Å². The Balaban J connectivity index is 2.20. The molecule has 0 aliphatic heterocycles. The van der Waals surface area contributed by atoms with Gasteiger partial charge >= 0.3 is 0 Å². The SMILES string of the molecule is CC(c1ccccc1O)N(C)C(=O)C1(CN)CCCCC1. The van der Waals surface area contributed by atoms with Crippen molar-refractivity contribution < 1.29 is 9.90 Å². The van der Waals surface area contributed by atoms with Gasteiger partial charge in [0.15, 0.2) is 0 Å². The van der Waals surface area contributed by atoms with Gasteiger partial charge in [-0.3, -0.25) is 4.79 Å². The molecule has 116 valence electrons. The molecule has 1 amide bonds. The fraction of sp³-hybridized carbons (Fsp3) is 0.588. The largest absolute Gasteiger partial charge is 0.508 e. The Hall–Kier alpha value is -1.55. The molecule has 1 atom stereocenters. The topological polar surface area (TPSA) is 66.6 Å². The lowest BCUT2D eigenvalue weighted by atomic mass is 9.73. The van der Waals surface area contributed by atoms with E-state index in [1.54, 1.807) is 17.0 Å². The van der Waals surface area contributed by atoms with E-state index in [1.165, 1.54) is 6.42 Å². The van der Waals surface area contributed by atoms with E-state index < -0.39 is 5.41 Å². The van der Waals surface area contributed by atoms with Crippen LogP contribution in [0.5, 0.6) is 5.75 Å². The molecule has 0 heterocycles. The summed E-state index contributed by atoms with van der Waals surface area (Å²) in [4.78, 5) is 14.7. The quantitative estimate of drug-likeness (QED) is 0.896. The minimum Gasteiger partial charge on any atom is -0.508 e. The molecule has 4 heteroatoms. The van der Waals surface area contributed by atoms with E-state index in [0.717, 1.165) is 31.2 Å². The molecule has 4 nitrogen and oxygen atoms in total. The number of phenols is 1. The van der Waals surface area contributed by atoms with E-state index in [4.69, 9.17) is 5.73 Å². The third-order valence-electron chi connectivity index (χ3n) is 4.94. The Morgan fingerprint density at radius 2 is 1.95 bits per heavy atom. The number of carbonyl (C=O) groups excluding carboxylic acids is 1. The van der Waals surface area contributed by atoms with Gasteiger partial charge in [0, 0.05) is 19.2 Å². The van der Waals surface area contributed by atoms with Gasteiger partial charge in [-0.25, -0.2) is 0 Å². The molecule has 1 aromatic rings. The van der Waals surface area contributed by atoms with Crippen molar-refractivity contribution in [2.24, 2.45) is 11.1 Å². The molecule has 0 bridgehead atoms. The van der Waals surface area contributed by atoms with E-state index in [-0.39, 0.29) is 17.7 Å². The van der Waals surface area contributed by atoms with Crippen LogP contribution in [0.4, 0.5) is 0 Å². The van der Waals surface area contributed by atoms with Crippen molar-refractivity contribution in [3.63, 3.8) is 0 Å². The summed E-state index contributed by atoms with van der Waals surface area (Å²) < 4.78 is 0. The highest BCUT2D eigenvalue weighted by molar-refractivity contribution is 5.83. The van der Waals surface area contributed by atoms with Crippen LogP contribution in [-0.4, -0.2) is 29.5 Å². The van der Waals surface area contributed by atoms with E-state index in [9.17, 15) is 9.90 Å². The van der Waals surface area contributed by atoms with Gasteiger partial charge in [0.1, 0.15) is 5.75 Å². The van der Waals surface area contributed by atoms with Crippen LogP contribution in [0.2, 0.25) is 0 Å². The Kier molecular flexibility index (Phi) is 4.88. The zero-order valence-corrected chi connectivity index (χ0v) is 13.0. The molecule has 0 spiro atoms. The highest BCUT2D eigenvalue weighted by Gasteiger charge is 2.41. The van der Waals surface area contributed by atoms with Crippen LogP contribution in [0, 0.1) is 5.41 Å². The van der Waals surface area contributed by atoms with Crippen molar-refractivity contribution in [1.82, 2.24) is 4.90 Å². The highest BCUT2D eigenvalue weighted by Crippen LogP contribution is 2.39. The molecule has 0 aromatic heterocycles. The summed E-state index contributed by atoms with van der Waals surface area (Å²) in [6, 6.07) is 7.02. The summed E-state index contributed by atoms with van der Waals surface area (Å²) in [6.45, 7) is 2.35. The number of benzene rings is 1. The summed E-state index contributed by atoms with van der Waals surface area (Å²) in [5, 5.41) is 9.98. The van der Waals surface area contributed by atoms with Crippen molar-refractivity contribution in [3.8, 4) is 5.75 Å². The maximum absolute atomic E-state index is 12.9. The first kappa shape index (κ1) is 15.8. The minimum atomic E-state index is -0.411. The molecule has 1 fully saturated rings. The number of hydrogen-bond acceptors (Lipinski definition) is 3. The molecule has 1 aromatic carbocycles. The van der Waals surface area contributed by atoms with Crippen LogP contribution in [-0.2, 0) is 4.79 Å². The molecule has 2 rings (SSSR count). The van der Waals surface area contributed by atoms with Crippen LogP contribution in [0.1, 0.15) is 50.6 Å². The predicted octanol–water partition coefficient (Wildman–Crippen LogP) is 2.82. The third kappa shape index (κ3) is 3.05. The first-order chi connectivity index (χ1) is 10.0. The van der Waals surface area contributed by atoms with Crippen molar-refractivity contribution in [2.75, 3.05) is 13.6 Å². The molecular weight excluding hydrogens is 264 g/mol. The van der Waals surface area contributed by atoms with E-state index in [2.05, 4.69) is 0 Å². The third-order valence-corrected chi connectivity index (χ3v) is 4.94. The highest BCUT2D eigenvalue weighted by atomic mass is 16.3. The van der Waals surface area contributed by atoms with Gasteiger partial charge in [0.2, 0.25) is 5.91 Å². The van der Waals surface area contributed by atoms with E-state index >= 15 is 0 Å². The fourth-order valence-corrected chi connectivity index (χ4v) is 3.33. The van der Waals surface area contributed by atoms with Gasteiger partial charge in [0.25, 0.3) is 0 Å². The normalized spacial score (nSPS) is 19.0. The number of para-hydroxylation sites is 1. The molecule has 0 radical (unpaired) electrons. The lowest BCUT2D eigenvalue weighted by Gasteiger charge is -2.40. The fourth-order valence-electron chi connectivity index (χ4n) is 3.33. The average molecular weight is 290 g/mol. The van der Waals surface area contributed by atoms with Crippen molar-refractivity contribution >= 4 is 5.91 Å². The van der Waals surface area contributed by atoms with Crippen LogP contribution >= 0.6 is 0 Å². The standard InChI is InChI=1S/C17H26N2O2/c1-13(14-8-4-5-9-15(14)20)19(2)16(21)17(12-18)10-6-3-7-11-17/h4-5,8-9,13,20H,3,6-7,10-12,18H2,1-2H3. The Morgan fingerprint density at radius 1 is 1.33 bits per heavy atom.